The zero-order valence-corrected chi connectivity index (χ0v) is 21.2. The van der Waals surface area contributed by atoms with Crippen molar-refractivity contribution >= 4 is 47.6 Å². The molecule has 174 valence electrons. The SMILES string of the molecule is CCCC(NC(=O)OCc1ccccc1)P(=S)(Oc1ccc(Cl)cc1)Oc1ccc(Cl)cc1. The Morgan fingerprint density at radius 3 is 1.91 bits per heavy atom. The zero-order chi connectivity index (χ0) is 23.7. The molecule has 0 aromatic heterocycles. The van der Waals surface area contributed by atoms with Crippen LogP contribution in [0.5, 0.6) is 11.5 Å². The van der Waals surface area contributed by atoms with Crippen molar-refractivity contribution in [3.8, 4) is 11.5 Å². The minimum absolute atomic E-state index is 0.143. The summed E-state index contributed by atoms with van der Waals surface area (Å²) in [5, 5.41) is 4.02. The molecule has 0 heterocycles. The van der Waals surface area contributed by atoms with E-state index in [1.165, 1.54) is 0 Å². The van der Waals surface area contributed by atoms with Crippen molar-refractivity contribution in [3.63, 3.8) is 0 Å². The Balaban J connectivity index is 1.81. The van der Waals surface area contributed by atoms with Crippen LogP contribution in [-0.2, 0) is 23.2 Å². The average molecular weight is 524 g/mol. The predicted octanol–water partition coefficient (Wildman–Crippen LogP) is 7.81. The first-order chi connectivity index (χ1) is 15.9. The van der Waals surface area contributed by atoms with Crippen LogP contribution in [0.1, 0.15) is 25.3 Å². The van der Waals surface area contributed by atoms with Crippen molar-refractivity contribution in [3.05, 3.63) is 94.5 Å². The third-order valence-corrected chi connectivity index (χ3v) is 8.33. The van der Waals surface area contributed by atoms with Gasteiger partial charge in [-0.25, -0.2) is 4.79 Å². The summed E-state index contributed by atoms with van der Waals surface area (Å²) >= 11 is 18.0. The van der Waals surface area contributed by atoms with Crippen LogP contribution in [0.2, 0.25) is 10.0 Å². The highest BCUT2D eigenvalue weighted by Gasteiger charge is 2.35. The molecule has 0 bridgehead atoms. The predicted molar refractivity (Wildman–Crippen MR) is 137 cm³/mol. The Bertz CT molecular complexity index is 1030. The summed E-state index contributed by atoms with van der Waals surface area (Å²) in [7, 11) is 0. The van der Waals surface area contributed by atoms with Gasteiger partial charge in [-0.3, -0.25) is 0 Å². The molecular formula is C24H24Cl2NO4PS. The highest BCUT2D eigenvalue weighted by atomic mass is 35.5. The van der Waals surface area contributed by atoms with Gasteiger partial charge in [-0.05, 0) is 72.3 Å². The van der Waals surface area contributed by atoms with E-state index in [1.807, 2.05) is 37.3 Å². The normalized spacial score (nSPS) is 12.0. The molecule has 3 rings (SSSR count). The number of benzene rings is 3. The van der Waals surface area contributed by atoms with Gasteiger partial charge < -0.3 is 19.1 Å². The van der Waals surface area contributed by atoms with Crippen LogP contribution in [0.3, 0.4) is 0 Å². The van der Waals surface area contributed by atoms with E-state index in [-0.39, 0.29) is 6.61 Å². The molecule has 3 aromatic carbocycles. The Morgan fingerprint density at radius 2 is 1.42 bits per heavy atom. The lowest BCUT2D eigenvalue weighted by Crippen LogP contribution is -2.37. The highest BCUT2D eigenvalue weighted by Crippen LogP contribution is 2.53. The summed E-state index contributed by atoms with van der Waals surface area (Å²) in [6.45, 7) is -0.997. The van der Waals surface area contributed by atoms with Crippen LogP contribution in [-0.4, -0.2) is 11.9 Å². The van der Waals surface area contributed by atoms with E-state index in [2.05, 4.69) is 5.32 Å². The summed E-state index contributed by atoms with van der Waals surface area (Å²) in [6, 6.07) is 23.1. The van der Waals surface area contributed by atoms with Gasteiger partial charge in [-0.1, -0.05) is 66.9 Å². The van der Waals surface area contributed by atoms with Crippen molar-refractivity contribution < 1.29 is 18.6 Å². The number of rotatable bonds is 10. The number of ether oxygens (including phenoxy) is 1. The minimum atomic E-state index is -3.13. The molecule has 1 amide bonds. The molecule has 1 unspecified atom stereocenters. The summed E-state index contributed by atoms with van der Waals surface area (Å²) in [5.74, 6) is 0.404. The van der Waals surface area contributed by atoms with Crippen molar-refractivity contribution in [2.24, 2.45) is 0 Å². The molecule has 0 saturated carbocycles. The van der Waals surface area contributed by atoms with Gasteiger partial charge in [0.1, 0.15) is 23.9 Å². The number of hydrogen-bond donors (Lipinski definition) is 1. The lowest BCUT2D eigenvalue weighted by molar-refractivity contribution is 0.137. The van der Waals surface area contributed by atoms with Crippen molar-refractivity contribution in [1.82, 2.24) is 5.32 Å². The number of alkyl carbamates (subject to hydrolysis) is 1. The fourth-order valence-electron chi connectivity index (χ4n) is 2.91. The van der Waals surface area contributed by atoms with E-state index >= 15 is 0 Å². The third-order valence-electron chi connectivity index (χ3n) is 4.53. The number of amides is 1. The molecule has 0 spiro atoms. The second-order valence-corrected chi connectivity index (χ2v) is 11.6. The van der Waals surface area contributed by atoms with E-state index in [4.69, 9.17) is 48.8 Å². The Hall–Kier alpha value is -2.24. The summed E-state index contributed by atoms with van der Waals surface area (Å²) in [4.78, 5) is 12.6. The van der Waals surface area contributed by atoms with Gasteiger partial charge >= 0.3 is 12.6 Å². The first kappa shape index (κ1) is 25.4. The second-order valence-electron chi connectivity index (χ2n) is 7.14. The number of hydrogen-bond acceptors (Lipinski definition) is 5. The molecule has 5 nitrogen and oxygen atoms in total. The van der Waals surface area contributed by atoms with Gasteiger partial charge in [0.2, 0.25) is 0 Å². The minimum Gasteiger partial charge on any atom is -0.445 e. The van der Waals surface area contributed by atoms with E-state index in [0.717, 1.165) is 12.0 Å². The molecule has 0 aliphatic heterocycles. The van der Waals surface area contributed by atoms with Crippen LogP contribution >= 0.6 is 29.7 Å². The smallest absolute Gasteiger partial charge is 0.408 e. The molecule has 1 atom stereocenters. The Labute approximate surface area is 209 Å². The van der Waals surface area contributed by atoms with E-state index in [1.54, 1.807) is 48.5 Å². The van der Waals surface area contributed by atoms with Crippen LogP contribution in [0.15, 0.2) is 78.9 Å². The van der Waals surface area contributed by atoms with Crippen LogP contribution < -0.4 is 14.4 Å². The lowest BCUT2D eigenvalue weighted by Gasteiger charge is -2.31. The second kappa shape index (κ2) is 12.3. The molecule has 33 heavy (non-hydrogen) atoms. The van der Waals surface area contributed by atoms with Crippen LogP contribution in [0.4, 0.5) is 4.79 Å². The van der Waals surface area contributed by atoms with Crippen LogP contribution in [0, 0.1) is 0 Å². The lowest BCUT2D eigenvalue weighted by atomic mass is 10.2. The first-order valence-corrected chi connectivity index (χ1v) is 13.8. The standard InChI is InChI=1S/C24H24Cl2NO4PS/c1-2-6-23(27-24(28)29-17-18-7-4-3-5-8-18)32(33,30-21-13-9-19(25)10-14-21)31-22-15-11-20(26)12-16-22/h3-5,7-16,23H,2,6,17H2,1H3,(H,27,28). The van der Waals surface area contributed by atoms with Crippen molar-refractivity contribution in [2.75, 3.05) is 0 Å². The van der Waals surface area contributed by atoms with Gasteiger partial charge in [0.05, 0.1) is 0 Å². The van der Waals surface area contributed by atoms with Gasteiger partial charge in [0.15, 0.2) is 0 Å². The molecular weight excluding hydrogens is 500 g/mol. The highest BCUT2D eigenvalue weighted by molar-refractivity contribution is 8.10. The fourth-order valence-corrected chi connectivity index (χ4v) is 6.12. The van der Waals surface area contributed by atoms with Crippen molar-refractivity contribution in [2.45, 2.75) is 32.2 Å². The summed E-state index contributed by atoms with van der Waals surface area (Å²) in [5.41, 5.74) is 0.883. The molecule has 3 aromatic rings. The molecule has 9 heteroatoms. The quantitative estimate of drug-likeness (QED) is 0.274. The number of carbonyl (C=O) groups is 1. The van der Waals surface area contributed by atoms with E-state index in [0.29, 0.717) is 28.0 Å². The molecule has 0 fully saturated rings. The van der Waals surface area contributed by atoms with Crippen LogP contribution in [0.25, 0.3) is 0 Å². The van der Waals surface area contributed by atoms with Gasteiger partial charge in [0, 0.05) is 10.0 Å². The van der Waals surface area contributed by atoms with Gasteiger partial charge in [-0.15, -0.1) is 0 Å². The Kier molecular flexibility index (Phi) is 9.45. The molecule has 0 aliphatic rings. The molecule has 0 saturated heterocycles. The monoisotopic (exact) mass is 523 g/mol. The molecule has 1 N–H and O–H groups in total. The third kappa shape index (κ3) is 7.94. The van der Waals surface area contributed by atoms with Crippen molar-refractivity contribution in [1.29, 1.82) is 0 Å². The molecule has 0 radical (unpaired) electrons. The van der Waals surface area contributed by atoms with E-state index in [9.17, 15) is 4.79 Å². The summed E-state index contributed by atoms with van der Waals surface area (Å²) < 4.78 is 17.8. The Morgan fingerprint density at radius 1 is 0.909 bits per heavy atom. The maximum Gasteiger partial charge on any atom is 0.408 e. The largest absolute Gasteiger partial charge is 0.445 e. The van der Waals surface area contributed by atoms with E-state index < -0.39 is 18.4 Å². The topological polar surface area (TPSA) is 56.8 Å². The number of halogens is 2. The fraction of sp³-hybridized carbons (Fsp3) is 0.208. The maximum absolute atomic E-state index is 12.6. The first-order valence-electron chi connectivity index (χ1n) is 10.4. The van der Waals surface area contributed by atoms with Gasteiger partial charge in [-0.2, -0.15) is 0 Å². The average Bonchev–Trinajstić information content (AvgIpc) is 2.81. The maximum atomic E-state index is 12.6. The summed E-state index contributed by atoms with van der Waals surface area (Å²) in [6.07, 6.45) is 0.695. The number of carbonyl (C=O) groups excluding carboxylic acids is 1. The number of nitrogens with one attached hydrogen (secondary N) is 1. The molecule has 0 aliphatic carbocycles. The van der Waals surface area contributed by atoms with Gasteiger partial charge in [0.25, 0.3) is 0 Å². The zero-order valence-electron chi connectivity index (χ0n) is 17.9.